The molecule has 1 aliphatic rings. The van der Waals surface area contributed by atoms with Crippen LogP contribution in [-0.4, -0.2) is 57.9 Å². The molecule has 1 saturated heterocycles. The van der Waals surface area contributed by atoms with E-state index in [-0.39, 0.29) is 5.91 Å². The molecule has 0 spiro atoms. The first-order valence-electron chi connectivity index (χ1n) is 9.10. The molecule has 138 valence electrons. The zero-order chi connectivity index (χ0) is 18.5. The van der Waals surface area contributed by atoms with Crippen LogP contribution in [0.15, 0.2) is 24.7 Å². The van der Waals surface area contributed by atoms with Gasteiger partial charge in [0.1, 0.15) is 17.3 Å². The van der Waals surface area contributed by atoms with E-state index in [1.165, 1.54) is 0 Å². The van der Waals surface area contributed by atoms with Gasteiger partial charge in [-0.2, -0.15) is 0 Å². The second kappa shape index (κ2) is 8.21. The molecule has 1 aliphatic heterocycles. The lowest BCUT2D eigenvalue weighted by atomic mass is 9.95. The molecule has 0 saturated carbocycles. The van der Waals surface area contributed by atoms with Crippen LogP contribution in [0.3, 0.4) is 0 Å². The summed E-state index contributed by atoms with van der Waals surface area (Å²) >= 11 is 0. The summed E-state index contributed by atoms with van der Waals surface area (Å²) in [6, 6.07) is 1.69. The lowest BCUT2D eigenvalue weighted by Gasteiger charge is -2.20. The van der Waals surface area contributed by atoms with Crippen LogP contribution in [0.25, 0.3) is 0 Å². The maximum Gasteiger partial charge on any atom is 0.272 e. The van der Waals surface area contributed by atoms with E-state index in [4.69, 9.17) is 0 Å². The van der Waals surface area contributed by atoms with Crippen molar-refractivity contribution < 1.29 is 4.79 Å². The van der Waals surface area contributed by atoms with Crippen LogP contribution < -0.4 is 4.90 Å². The van der Waals surface area contributed by atoms with Gasteiger partial charge in [-0.3, -0.25) is 9.78 Å². The minimum atomic E-state index is 0.00581. The predicted molar refractivity (Wildman–Crippen MR) is 100 cm³/mol. The summed E-state index contributed by atoms with van der Waals surface area (Å²) in [5.41, 5.74) is 1.51. The molecule has 26 heavy (non-hydrogen) atoms. The Morgan fingerprint density at radius 1 is 1.19 bits per heavy atom. The highest BCUT2D eigenvalue weighted by Crippen LogP contribution is 2.22. The summed E-state index contributed by atoms with van der Waals surface area (Å²) in [5, 5.41) is 0. The lowest BCUT2D eigenvalue weighted by molar-refractivity contribution is 0.0753. The van der Waals surface area contributed by atoms with E-state index in [9.17, 15) is 4.79 Å². The van der Waals surface area contributed by atoms with Crippen LogP contribution in [0.1, 0.15) is 41.3 Å². The van der Waals surface area contributed by atoms with Crippen LogP contribution in [0, 0.1) is 12.8 Å². The fraction of sp³-hybridized carbons (Fsp3) is 0.526. The van der Waals surface area contributed by atoms with Crippen molar-refractivity contribution in [3.8, 4) is 0 Å². The van der Waals surface area contributed by atoms with Gasteiger partial charge >= 0.3 is 0 Å². The Morgan fingerprint density at radius 3 is 2.73 bits per heavy atom. The number of carbonyl (C=O) groups excluding carboxylic acids is 1. The largest absolute Gasteiger partial charge is 0.361 e. The Morgan fingerprint density at radius 2 is 2.04 bits per heavy atom. The third-order valence-electron chi connectivity index (χ3n) is 4.78. The van der Waals surface area contributed by atoms with E-state index in [2.05, 4.69) is 19.9 Å². The first-order chi connectivity index (χ1) is 12.5. The van der Waals surface area contributed by atoms with E-state index in [1.807, 2.05) is 36.3 Å². The van der Waals surface area contributed by atoms with E-state index < -0.39 is 0 Å². The van der Waals surface area contributed by atoms with Gasteiger partial charge in [-0.25, -0.2) is 15.0 Å². The molecular weight excluding hydrogens is 328 g/mol. The van der Waals surface area contributed by atoms with Gasteiger partial charge in [-0.05, 0) is 44.6 Å². The average molecular weight is 354 g/mol. The molecule has 0 unspecified atom stereocenters. The fourth-order valence-electron chi connectivity index (χ4n) is 3.29. The highest BCUT2D eigenvalue weighted by molar-refractivity contribution is 5.92. The number of anilines is 1. The van der Waals surface area contributed by atoms with Crippen LogP contribution >= 0.6 is 0 Å². The molecule has 3 rings (SSSR count). The van der Waals surface area contributed by atoms with Gasteiger partial charge in [0.25, 0.3) is 5.91 Å². The molecule has 7 nitrogen and oxygen atoms in total. The van der Waals surface area contributed by atoms with Crippen molar-refractivity contribution in [3.05, 3.63) is 41.9 Å². The number of aromatic nitrogens is 4. The Hall–Kier alpha value is -2.57. The number of nitrogens with zero attached hydrogens (tertiary/aromatic N) is 6. The second-order valence-electron chi connectivity index (χ2n) is 7.04. The smallest absolute Gasteiger partial charge is 0.272 e. The first kappa shape index (κ1) is 18.2. The summed E-state index contributed by atoms with van der Waals surface area (Å²) in [6.45, 7) is 3.34. The van der Waals surface area contributed by atoms with Crippen molar-refractivity contribution >= 4 is 11.7 Å². The lowest BCUT2D eigenvalue weighted by Crippen LogP contribution is -2.32. The normalized spacial score (nSPS) is 17.7. The van der Waals surface area contributed by atoms with Crippen molar-refractivity contribution in [1.29, 1.82) is 0 Å². The fourth-order valence-corrected chi connectivity index (χ4v) is 3.29. The minimum Gasteiger partial charge on any atom is -0.361 e. The van der Waals surface area contributed by atoms with Crippen molar-refractivity contribution in [2.24, 2.45) is 5.92 Å². The van der Waals surface area contributed by atoms with Crippen molar-refractivity contribution in [3.63, 3.8) is 0 Å². The number of likely N-dealkylation sites (tertiary alicyclic amines) is 1. The number of amides is 1. The Labute approximate surface area is 154 Å². The summed E-state index contributed by atoms with van der Waals surface area (Å²) in [5.74, 6) is 2.03. The molecule has 3 heterocycles. The third-order valence-corrected chi connectivity index (χ3v) is 4.78. The second-order valence-corrected chi connectivity index (χ2v) is 7.04. The zero-order valence-electron chi connectivity index (χ0n) is 15.7. The quantitative estimate of drug-likeness (QED) is 0.837. The molecule has 1 fully saturated rings. The molecule has 0 N–H and O–H groups in total. The molecule has 0 radical (unpaired) electrons. The number of aryl methyl sites for hydroxylation is 1. The maximum atomic E-state index is 12.7. The van der Waals surface area contributed by atoms with E-state index in [0.717, 1.165) is 50.3 Å². The predicted octanol–water partition coefficient (Wildman–Crippen LogP) is 2.13. The number of hydrogen-bond acceptors (Lipinski definition) is 6. The highest BCUT2D eigenvalue weighted by Gasteiger charge is 2.23. The highest BCUT2D eigenvalue weighted by atomic mass is 16.2. The van der Waals surface area contributed by atoms with Gasteiger partial charge in [0, 0.05) is 33.4 Å². The van der Waals surface area contributed by atoms with Gasteiger partial charge in [-0.1, -0.05) is 0 Å². The molecule has 0 bridgehead atoms. The van der Waals surface area contributed by atoms with Gasteiger partial charge in [0.2, 0.25) is 0 Å². The maximum absolute atomic E-state index is 12.7. The molecular formula is C19H26N6O. The minimum absolute atomic E-state index is 0.00581. The Balaban J connectivity index is 1.58. The van der Waals surface area contributed by atoms with Gasteiger partial charge < -0.3 is 9.80 Å². The van der Waals surface area contributed by atoms with Crippen molar-refractivity contribution in [2.45, 2.75) is 32.6 Å². The molecule has 0 aromatic carbocycles. The molecule has 1 atom stereocenters. The van der Waals surface area contributed by atoms with Crippen molar-refractivity contribution in [1.82, 2.24) is 24.8 Å². The summed E-state index contributed by atoms with van der Waals surface area (Å²) in [6.07, 6.45) is 9.33. The summed E-state index contributed by atoms with van der Waals surface area (Å²) < 4.78 is 0. The van der Waals surface area contributed by atoms with Crippen LogP contribution in [0.5, 0.6) is 0 Å². The summed E-state index contributed by atoms with van der Waals surface area (Å²) in [4.78, 5) is 33.8. The molecule has 7 heteroatoms. The molecule has 1 amide bonds. The van der Waals surface area contributed by atoms with E-state index in [1.54, 1.807) is 19.2 Å². The monoisotopic (exact) mass is 354 g/mol. The first-order valence-corrected chi connectivity index (χ1v) is 9.10. The molecule has 2 aromatic heterocycles. The molecule has 0 aliphatic carbocycles. The van der Waals surface area contributed by atoms with Crippen LogP contribution in [-0.2, 0) is 6.42 Å². The topological polar surface area (TPSA) is 75.1 Å². The van der Waals surface area contributed by atoms with Crippen LogP contribution in [0.2, 0.25) is 0 Å². The van der Waals surface area contributed by atoms with E-state index >= 15 is 0 Å². The van der Waals surface area contributed by atoms with Gasteiger partial charge in [0.15, 0.2) is 0 Å². The Kier molecular flexibility index (Phi) is 5.75. The number of hydrogen-bond donors (Lipinski definition) is 0. The van der Waals surface area contributed by atoms with Gasteiger partial charge in [0.05, 0.1) is 18.1 Å². The third kappa shape index (κ3) is 4.53. The summed E-state index contributed by atoms with van der Waals surface area (Å²) in [7, 11) is 3.92. The Bertz CT molecular complexity index is 746. The number of carbonyl (C=O) groups is 1. The molecule has 2 aromatic rings. The van der Waals surface area contributed by atoms with Gasteiger partial charge in [-0.15, -0.1) is 0 Å². The standard InChI is InChI=1S/C19H26N6O/c1-14-20-8-6-17(23-14)19(26)25-9-4-5-15(7-10-25)11-16-12-22-18(13-21-16)24(2)3/h6,8,12-13,15H,4-5,7,9-11H2,1-3H3/t15-/m1/s1. The SMILES string of the molecule is Cc1nccc(C(=O)N2CCC[C@@H](Cc3cnc(N(C)C)cn3)CC2)n1. The zero-order valence-corrected chi connectivity index (χ0v) is 15.7. The average Bonchev–Trinajstić information content (AvgIpc) is 2.87. The van der Waals surface area contributed by atoms with Crippen LogP contribution in [0.4, 0.5) is 5.82 Å². The number of rotatable bonds is 4. The van der Waals surface area contributed by atoms with E-state index in [0.29, 0.717) is 17.4 Å². The van der Waals surface area contributed by atoms with Crippen molar-refractivity contribution in [2.75, 3.05) is 32.1 Å².